The Kier molecular flexibility index (Phi) is 4.51. The van der Waals surface area contributed by atoms with E-state index in [1.165, 1.54) is 26.2 Å². The summed E-state index contributed by atoms with van der Waals surface area (Å²) < 4.78 is 4.42. The highest BCUT2D eigenvalue weighted by Gasteiger charge is 2.02. The van der Waals surface area contributed by atoms with Gasteiger partial charge in [0.1, 0.15) is 0 Å². The van der Waals surface area contributed by atoms with Gasteiger partial charge in [0.15, 0.2) is 0 Å². The number of carboxylic acids is 1. The van der Waals surface area contributed by atoms with E-state index < -0.39 is 11.9 Å². The van der Waals surface area contributed by atoms with E-state index in [2.05, 4.69) is 4.74 Å². The Hall–Kier alpha value is -1.58. The van der Waals surface area contributed by atoms with Gasteiger partial charge in [-0.15, -0.1) is 0 Å². The fourth-order valence-corrected chi connectivity index (χ4v) is 0.550. The zero-order chi connectivity index (χ0) is 10.4. The summed E-state index contributed by atoms with van der Waals surface area (Å²) in [5.74, 6) is -1.47. The number of carbonyl (C=O) groups is 2. The molecule has 0 saturated heterocycles. The number of carbonyl (C=O) groups excluding carboxylic acids is 1. The Morgan fingerprint density at radius 1 is 1.15 bits per heavy atom. The first-order valence-electron chi connectivity index (χ1n) is 3.65. The SMILES string of the molecule is COC(=O)C(C)=CC=C(C)C(=O)O. The molecular formula is C9H12O4. The number of ether oxygens (including phenoxy) is 1. The van der Waals surface area contributed by atoms with E-state index in [1.54, 1.807) is 6.92 Å². The monoisotopic (exact) mass is 184 g/mol. The normalized spacial score (nSPS) is 12.5. The van der Waals surface area contributed by atoms with E-state index >= 15 is 0 Å². The molecule has 0 aliphatic carbocycles. The maximum absolute atomic E-state index is 10.8. The number of hydrogen-bond acceptors (Lipinski definition) is 3. The van der Waals surface area contributed by atoms with Crippen molar-refractivity contribution < 1.29 is 19.4 Å². The second-order valence-electron chi connectivity index (χ2n) is 2.50. The van der Waals surface area contributed by atoms with E-state index in [0.717, 1.165) is 0 Å². The molecule has 0 radical (unpaired) electrons. The summed E-state index contributed by atoms with van der Waals surface area (Å²) in [6.45, 7) is 3.00. The number of aliphatic carboxylic acids is 1. The zero-order valence-electron chi connectivity index (χ0n) is 7.83. The molecule has 1 N–H and O–H groups in total. The van der Waals surface area contributed by atoms with Gasteiger partial charge >= 0.3 is 11.9 Å². The Labute approximate surface area is 76.5 Å². The van der Waals surface area contributed by atoms with E-state index in [9.17, 15) is 9.59 Å². The molecule has 0 aromatic rings. The number of allylic oxidation sites excluding steroid dienone is 2. The van der Waals surface area contributed by atoms with Crippen molar-refractivity contribution in [3.63, 3.8) is 0 Å². The largest absolute Gasteiger partial charge is 0.478 e. The molecule has 4 heteroatoms. The fraction of sp³-hybridized carbons (Fsp3) is 0.333. The molecule has 0 fully saturated rings. The van der Waals surface area contributed by atoms with Crippen molar-refractivity contribution >= 4 is 11.9 Å². The molecule has 0 aliphatic rings. The lowest BCUT2D eigenvalue weighted by Crippen LogP contribution is -2.01. The lowest BCUT2D eigenvalue weighted by molar-refractivity contribution is -0.136. The Balaban J connectivity index is 4.51. The maximum Gasteiger partial charge on any atom is 0.333 e. The predicted molar refractivity (Wildman–Crippen MR) is 47.2 cm³/mol. The maximum atomic E-state index is 10.8. The molecule has 0 spiro atoms. The average Bonchev–Trinajstić information content (AvgIpc) is 2.11. The minimum atomic E-state index is -1.01. The van der Waals surface area contributed by atoms with Crippen molar-refractivity contribution in [1.82, 2.24) is 0 Å². The quantitative estimate of drug-likeness (QED) is 0.406. The van der Waals surface area contributed by atoms with Gasteiger partial charge < -0.3 is 9.84 Å². The first-order valence-corrected chi connectivity index (χ1v) is 3.65. The highest BCUT2D eigenvalue weighted by atomic mass is 16.5. The van der Waals surface area contributed by atoms with Crippen molar-refractivity contribution in [2.24, 2.45) is 0 Å². The van der Waals surface area contributed by atoms with Gasteiger partial charge in [0.25, 0.3) is 0 Å². The van der Waals surface area contributed by atoms with E-state index in [4.69, 9.17) is 5.11 Å². The van der Waals surface area contributed by atoms with Crippen molar-refractivity contribution in [2.75, 3.05) is 7.11 Å². The summed E-state index contributed by atoms with van der Waals surface area (Å²) in [6.07, 6.45) is 2.77. The smallest absolute Gasteiger partial charge is 0.333 e. The lowest BCUT2D eigenvalue weighted by Gasteiger charge is -1.95. The number of methoxy groups -OCH3 is 1. The molecule has 0 unspecified atom stereocenters. The minimum absolute atomic E-state index is 0.170. The van der Waals surface area contributed by atoms with Crippen molar-refractivity contribution in [1.29, 1.82) is 0 Å². The second kappa shape index (κ2) is 5.13. The van der Waals surface area contributed by atoms with Crippen molar-refractivity contribution in [3.8, 4) is 0 Å². The third kappa shape index (κ3) is 4.10. The number of hydrogen-bond donors (Lipinski definition) is 1. The van der Waals surface area contributed by atoms with E-state index in [1.807, 2.05) is 0 Å². The lowest BCUT2D eigenvalue weighted by atomic mass is 10.2. The third-order valence-electron chi connectivity index (χ3n) is 1.43. The van der Waals surface area contributed by atoms with Crippen LogP contribution >= 0.6 is 0 Å². The van der Waals surface area contributed by atoms with Crippen molar-refractivity contribution in [3.05, 3.63) is 23.3 Å². The molecule has 0 heterocycles. The topological polar surface area (TPSA) is 63.6 Å². The second-order valence-corrected chi connectivity index (χ2v) is 2.50. The van der Waals surface area contributed by atoms with Crippen LogP contribution in [0.15, 0.2) is 23.3 Å². The van der Waals surface area contributed by atoms with E-state index in [0.29, 0.717) is 5.57 Å². The number of esters is 1. The summed E-state index contributed by atoms with van der Waals surface area (Å²) in [5, 5.41) is 8.48. The zero-order valence-corrected chi connectivity index (χ0v) is 7.83. The summed E-state index contributed by atoms with van der Waals surface area (Å²) >= 11 is 0. The van der Waals surface area contributed by atoms with Gasteiger partial charge in [0.2, 0.25) is 0 Å². The van der Waals surface area contributed by atoms with Crippen molar-refractivity contribution in [2.45, 2.75) is 13.8 Å². The van der Waals surface area contributed by atoms with Gasteiger partial charge in [-0.2, -0.15) is 0 Å². The molecule has 0 rings (SSSR count). The molecule has 0 atom stereocenters. The summed E-state index contributed by atoms with van der Waals surface area (Å²) in [5.41, 5.74) is 0.534. The van der Waals surface area contributed by atoms with Crippen LogP contribution in [0.3, 0.4) is 0 Å². The van der Waals surface area contributed by atoms with Crippen LogP contribution in [0.2, 0.25) is 0 Å². The predicted octanol–water partition coefficient (Wildman–Crippen LogP) is 1.14. The minimum Gasteiger partial charge on any atom is -0.478 e. The molecule has 4 nitrogen and oxygen atoms in total. The first kappa shape index (κ1) is 11.4. The molecule has 0 bridgehead atoms. The summed E-state index contributed by atoms with van der Waals surface area (Å²) in [4.78, 5) is 21.2. The van der Waals surface area contributed by atoms with Gasteiger partial charge in [0.05, 0.1) is 7.11 Å². The third-order valence-corrected chi connectivity index (χ3v) is 1.43. The average molecular weight is 184 g/mol. The molecule has 13 heavy (non-hydrogen) atoms. The molecule has 0 aromatic heterocycles. The van der Waals surface area contributed by atoms with Gasteiger partial charge in [-0.05, 0) is 13.8 Å². The number of rotatable bonds is 3. The Bertz CT molecular complexity index is 273. The first-order chi connectivity index (χ1) is 5.99. The molecule has 0 amide bonds. The van der Waals surface area contributed by atoms with Crippen LogP contribution < -0.4 is 0 Å². The molecule has 0 saturated carbocycles. The van der Waals surface area contributed by atoms with Gasteiger partial charge in [-0.1, -0.05) is 12.2 Å². The summed E-state index contributed by atoms with van der Waals surface area (Å²) in [7, 11) is 1.27. The van der Waals surface area contributed by atoms with Crippen LogP contribution in [0.5, 0.6) is 0 Å². The van der Waals surface area contributed by atoms with Gasteiger partial charge in [0, 0.05) is 11.1 Å². The molecule has 0 aromatic carbocycles. The molecular weight excluding hydrogens is 172 g/mol. The number of carboxylic acid groups (broad SMARTS) is 1. The Morgan fingerprint density at radius 2 is 1.62 bits per heavy atom. The van der Waals surface area contributed by atoms with Crippen LogP contribution in [0.1, 0.15) is 13.8 Å². The van der Waals surface area contributed by atoms with E-state index in [-0.39, 0.29) is 5.57 Å². The van der Waals surface area contributed by atoms with Crippen LogP contribution in [-0.2, 0) is 14.3 Å². The van der Waals surface area contributed by atoms with Gasteiger partial charge in [-0.25, -0.2) is 9.59 Å². The fourth-order valence-electron chi connectivity index (χ4n) is 0.550. The highest BCUT2D eigenvalue weighted by molar-refractivity contribution is 5.89. The van der Waals surface area contributed by atoms with Crippen LogP contribution in [0.4, 0.5) is 0 Å². The van der Waals surface area contributed by atoms with Crippen LogP contribution in [0.25, 0.3) is 0 Å². The molecule has 72 valence electrons. The Morgan fingerprint density at radius 3 is 2.00 bits per heavy atom. The van der Waals surface area contributed by atoms with Crippen LogP contribution in [0, 0.1) is 0 Å². The summed E-state index contributed by atoms with van der Waals surface area (Å²) in [6, 6.07) is 0. The highest BCUT2D eigenvalue weighted by Crippen LogP contribution is 1.99. The standard InChI is InChI=1S/C9H12O4/c1-6(8(10)11)4-5-7(2)9(12)13-3/h4-5H,1-3H3,(H,10,11). The van der Waals surface area contributed by atoms with Crippen LogP contribution in [-0.4, -0.2) is 24.2 Å². The van der Waals surface area contributed by atoms with Gasteiger partial charge in [-0.3, -0.25) is 0 Å². The molecule has 0 aliphatic heterocycles.